The first-order valence-electron chi connectivity index (χ1n) is 5.08. The van der Waals surface area contributed by atoms with E-state index in [2.05, 4.69) is 10.3 Å². The third-order valence-electron chi connectivity index (χ3n) is 1.87. The molecule has 2 rings (SSSR count). The van der Waals surface area contributed by atoms with Crippen molar-refractivity contribution in [3.8, 4) is 0 Å². The summed E-state index contributed by atoms with van der Waals surface area (Å²) >= 11 is 5.75. The molecule has 0 fully saturated rings. The zero-order valence-corrected chi connectivity index (χ0v) is 9.70. The molecule has 0 saturated carbocycles. The molecular formula is C12H15ClN2. The smallest absolute Gasteiger partial charge is 0.196 e. The van der Waals surface area contributed by atoms with Crippen molar-refractivity contribution in [3.63, 3.8) is 0 Å². The van der Waals surface area contributed by atoms with Crippen LogP contribution in [0.2, 0.25) is 0 Å². The summed E-state index contributed by atoms with van der Waals surface area (Å²) in [6, 6.07) is 10.1. The second-order valence-electron chi connectivity index (χ2n) is 2.78. The molecule has 1 aliphatic rings. The van der Waals surface area contributed by atoms with Gasteiger partial charge in [-0.15, -0.1) is 0 Å². The molecule has 0 radical (unpaired) electrons. The maximum atomic E-state index is 5.75. The molecule has 1 aliphatic heterocycles. The topological polar surface area (TPSA) is 24.4 Å². The van der Waals surface area contributed by atoms with Crippen LogP contribution < -0.4 is 5.32 Å². The second-order valence-corrected chi connectivity index (χ2v) is 3.14. The molecule has 1 aromatic carbocycles. The van der Waals surface area contributed by atoms with Crippen molar-refractivity contribution in [2.75, 3.05) is 0 Å². The van der Waals surface area contributed by atoms with Crippen LogP contribution in [0.1, 0.15) is 25.5 Å². The van der Waals surface area contributed by atoms with Crippen molar-refractivity contribution < 1.29 is 0 Å². The fraction of sp³-hybridized carbons (Fsp3) is 0.250. The van der Waals surface area contributed by atoms with E-state index in [-0.39, 0.29) is 6.04 Å². The number of amidine groups is 1. The van der Waals surface area contributed by atoms with Gasteiger partial charge in [0.25, 0.3) is 0 Å². The SMILES string of the molecule is CC.ClC1=NC(c2ccccc2)C=CN1. The Morgan fingerprint density at radius 3 is 2.47 bits per heavy atom. The summed E-state index contributed by atoms with van der Waals surface area (Å²) in [6.07, 6.45) is 3.79. The van der Waals surface area contributed by atoms with Crippen LogP contribution in [-0.4, -0.2) is 5.29 Å². The Labute approximate surface area is 95.7 Å². The molecule has 0 bridgehead atoms. The lowest BCUT2D eigenvalue weighted by atomic mass is 10.1. The lowest BCUT2D eigenvalue weighted by Gasteiger charge is -2.13. The van der Waals surface area contributed by atoms with E-state index in [1.54, 1.807) is 0 Å². The molecule has 1 unspecified atom stereocenters. The molecule has 0 amide bonds. The standard InChI is InChI=1S/C10H9ClN2.C2H6/c11-10-12-7-6-9(13-10)8-4-2-1-3-5-8;1-2/h1-7,9H,(H,12,13);1-2H3. The number of hydrogen-bond donors (Lipinski definition) is 1. The molecule has 1 N–H and O–H groups in total. The third kappa shape index (κ3) is 3.40. The highest BCUT2D eigenvalue weighted by atomic mass is 35.5. The van der Waals surface area contributed by atoms with E-state index in [0.29, 0.717) is 5.29 Å². The van der Waals surface area contributed by atoms with Gasteiger partial charge < -0.3 is 5.32 Å². The monoisotopic (exact) mass is 222 g/mol. The number of halogens is 1. The van der Waals surface area contributed by atoms with Crippen LogP contribution in [0.5, 0.6) is 0 Å². The maximum absolute atomic E-state index is 5.75. The van der Waals surface area contributed by atoms with Crippen LogP contribution in [0.25, 0.3) is 0 Å². The van der Waals surface area contributed by atoms with E-state index in [4.69, 9.17) is 11.6 Å². The van der Waals surface area contributed by atoms with Crippen LogP contribution in [-0.2, 0) is 0 Å². The average molecular weight is 223 g/mol. The van der Waals surface area contributed by atoms with Gasteiger partial charge in [-0.25, -0.2) is 4.99 Å². The van der Waals surface area contributed by atoms with Crippen LogP contribution >= 0.6 is 11.6 Å². The van der Waals surface area contributed by atoms with E-state index in [9.17, 15) is 0 Å². The van der Waals surface area contributed by atoms with Gasteiger partial charge in [0.15, 0.2) is 5.29 Å². The van der Waals surface area contributed by atoms with Crippen molar-refractivity contribution in [2.45, 2.75) is 19.9 Å². The summed E-state index contributed by atoms with van der Waals surface area (Å²) in [5.41, 5.74) is 1.15. The quantitative estimate of drug-likeness (QED) is 0.723. The molecule has 15 heavy (non-hydrogen) atoms. The fourth-order valence-corrected chi connectivity index (χ4v) is 1.41. The summed E-state index contributed by atoms with van der Waals surface area (Å²) in [5, 5.41) is 3.26. The molecule has 1 atom stereocenters. The third-order valence-corrected chi connectivity index (χ3v) is 2.08. The highest BCUT2D eigenvalue weighted by Gasteiger charge is 2.09. The lowest BCUT2D eigenvalue weighted by Crippen LogP contribution is -2.16. The lowest BCUT2D eigenvalue weighted by molar-refractivity contribution is 0.880. The van der Waals surface area contributed by atoms with Crippen molar-refractivity contribution in [1.82, 2.24) is 5.32 Å². The Morgan fingerprint density at radius 1 is 1.20 bits per heavy atom. The first-order valence-corrected chi connectivity index (χ1v) is 5.45. The van der Waals surface area contributed by atoms with Crippen LogP contribution in [0, 0.1) is 0 Å². The maximum Gasteiger partial charge on any atom is 0.196 e. The molecule has 2 nitrogen and oxygen atoms in total. The van der Waals surface area contributed by atoms with Crippen molar-refractivity contribution in [3.05, 3.63) is 48.2 Å². The van der Waals surface area contributed by atoms with E-state index >= 15 is 0 Å². The summed E-state index contributed by atoms with van der Waals surface area (Å²) in [4.78, 5) is 4.24. The molecule has 0 spiro atoms. The zero-order chi connectivity index (χ0) is 11.1. The predicted molar refractivity (Wildman–Crippen MR) is 66.1 cm³/mol. The normalized spacial score (nSPS) is 18.3. The van der Waals surface area contributed by atoms with Gasteiger partial charge in [0.1, 0.15) is 0 Å². The first-order chi connectivity index (χ1) is 7.36. The number of aliphatic imine (C=N–C) groups is 1. The van der Waals surface area contributed by atoms with Crippen molar-refractivity contribution >= 4 is 16.9 Å². The summed E-state index contributed by atoms with van der Waals surface area (Å²) < 4.78 is 0. The van der Waals surface area contributed by atoms with Crippen LogP contribution in [0.15, 0.2) is 47.6 Å². The van der Waals surface area contributed by atoms with E-state index in [0.717, 1.165) is 5.56 Å². The van der Waals surface area contributed by atoms with Gasteiger partial charge in [0, 0.05) is 6.20 Å². The Hall–Kier alpha value is -1.28. The van der Waals surface area contributed by atoms with E-state index in [1.165, 1.54) is 0 Å². The first kappa shape index (κ1) is 11.8. The van der Waals surface area contributed by atoms with E-state index in [1.807, 2.05) is 56.5 Å². The minimum atomic E-state index is 0.0509. The van der Waals surface area contributed by atoms with Crippen molar-refractivity contribution in [2.24, 2.45) is 4.99 Å². The number of benzene rings is 1. The fourth-order valence-electron chi connectivity index (χ4n) is 1.25. The number of nitrogens with one attached hydrogen (secondary N) is 1. The second kappa shape index (κ2) is 6.25. The predicted octanol–water partition coefficient (Wildman–Crippen LogP) is 3.47. The minimum Gasteiger partial charge on any atom is -0.337 e. The molecule has 1 aromatic rings. The molecule has 1 heterocycles. The number of hydrogen-bond acceptors (Lipinski definition) is 2. The zero-order valence-electron chi connectivity index (χ0n) is 8.94. The Bertz CT molecular complexity index is 344. The van der Waals surface area contributed by atoms with Crippen LogP contribution in [0.4, 0.5) is 0 Å². The summed E-state index contributed by atoms with van der Waals surface area (Å²) in [5.74, 6) is 0. The van der Waals surface area contributed by atoms with Gasteiger partial charge in [0.05, 0.1) is 6.04 Å². The highest BCUT2D eigenvalue weighted by molar-refractivity contribution is 6.64. The van der Waals surface area contributed by atoms with E-state index < -0.39 is 0 Å². The van der Waals surface area contributed by atoms with Crippen molar-refractivity contribution in [1.29, 1.82) is 0 Å². The van der Waals surface area contributed by atoms with Gasteiger partial charge in [-0.05, 0) is 23.2 Å². The van der Waals surface area contributed by atoms with Crippen LogP contribution in [0.3, 0.4) is 0 Å². The molecule has 3 heteroatoms. The minimum absolute atomic E-state index is 0.0509. The Morgan fingerprint density at radius 2 is 1.87 bits per heavy atom. The van der Waals surface area contributed by atoms with Gasteiger partial charge in [-0.3, -0.25) is 0 Å². The average Bonchev–Trinajstić information content (AvgIpc) is 2.33. The molecule has 0 aromatic heterocycles. The van der Waals surface area contributed by atoms with Gasteiger partial charge in [-0.1, -0.05) is 44.2 Å². The molecular weight excluding hydrogens is 208 g/mol. The Kier molecular flexibility index (Phi) is 4.91. The molecule has 0 aliphatic carbocycles. The highest BCUT2D eigenvalue weighted by Crippen LogP contribution is 2.20. The number of rotatable bonds is 1. The van der Waals surface area contributed by atoms with Gasteiger partial charge >= 0.3 is 0 Å². The van der Waals surface area contributed by atoms with Gasteiger partial charge in [-0.2, -0.15) is 0 Å². The number of nitrogens with zero attached hydrogens (tertiary/aromatic N) is 1. The molecule has 0 saturated heterocycles. The molecule has 80 valence electrons. The van der Waals surface area contributed by atoms with Gasteiger partial charge in [0.2, 0.25) is 0 Å². The Balaban J connectivity index is 0.000000531. The summed E-state index contributed by atoms with van der Waals surface area (Å²) in [6.45, 7) is 4.00. The largest absolute Gasteiger partial charge is 0.337 e. The summed E-state index contributed by atoms with van der Waals surface area (Å²) in [7, 11) is 0.